The molecule has 0 radical (unpaired) electrons. The van der Waals surface area contributed by atoms with Gasteiger partial charge in [-0.05, 0) is 44.5 Å². The van der Waals surface area contributed by atoms with Crippen molar-refractivity contribution in [3.63, 3.8) is 0 Å². The molecule has 21 heavy (non-hydrogen) atoms. The standard InChI is InChI=1S/C17H21FN2O/c1-4-14(15-10-9-13(18)11-19-15)20-16-7-5-6-8-17(16)21-12(2)3/h5-12,14,20H,4H2,1-3H3. The Balaban J connectivity index is 2.20. The Bertz CT molecular complexity index is 569. The number of hydrogen-bond donors (Lipinski definition) is 1. The minimum Gasteiger partial charge on any atom is -0.489 e. The van der Waals surface area contributed by atoms with Crippen molar-refractivity contribution >= 4 is 5.69 Å². The van der Waals surface area contributed by atoms with Gasteiger partial charge in [0, 0.05) is 0 Å². The van der Waals surface area contributed by atoms with Gasteiger partial charge in [-0.15, -0.1) is 0 Å². The van der Waals surface area contributed by atoms with Gasteiger partial charge in [0.2, 0.25) is 0 Å². The molecule has 0 bridgehead atoms. The van der Waals surface area contributed by atoms with Crippen molar-refractivity contribution in [3.8, 4) is 5.75 Å². The molecule has 0 aliphatic heterocycles. The number of ether oxygens (including phenoxy) is 1. The van der Waals surface area contributed by atoms with Crippen LogP contribution in [0.1, 0.15) is 38.9 Å². The molecule has 0 fully saturated rings. The van der Waals surface area contributed by atoms with Crippen molar-refractivity contribution in [2.75, 3.05) is 5.32 Å². The van der Waals surface area contributed by atoms with Crippen LogP contribution in [-0.4, -0.2) is 11.1 Å². The Hall–Kier alpha value is -2.10. The zero-order valence-electron chi connectivity index (χ0n) is 12.6. The molecule has 2 rings (SSSR count). The third-order valence-corrected chi connectivity index (χ3v) is 3.09. The second-order valence-corrected chi connectivity index (χ2v) is 5.17. The Morgan fingerprint density at radius 1 is 1.19 bits per heavy atom. The fourth-order valence-electron chi connectivity index (χ4n) is 2.11. The first kappa shape index (κ1) is 15.3. The Labute approximate surface area is 125 Å². The highest BCUT2D eigenvalue weighted by atomic mass is 19.1. The van der Waals surface area contributed by atoms with Gasteiger partial charge in [-0.25, -0.2) is 4.39 Å². The first-order chi connectivity index (χ1) is 10.1. The maximum absolute atomic E-state index is 13.0. The number of nitrogens with one attached hydrogen (secondary N) is 1. The summed E-state index contributed by atoms with van der Waals surface area (Å²) in [6, 6.07) is 11.0. The van der Waals surface area contributed by atoms with Crippen LogP contribution in [-0.2, 0) is 0 Å². The predicted molar refractivity (Wildman–Crippen MR) is 83.1 cm³/mol. The van der Waals surface area contributed by atoms with E-state index in [1.807, 2.05) is 38.1 Å². The molecule has 0 saturated carbocycles. The lowest BCUT2D eigenvalue weighted by molar-refractivity contribution is 0.243. The van der Waals surface area contributed by atoms with Gasteiger partial charge in [-0.2, -0.15) is 0 Å². The van der Waals surface area contributed by atoms with Crippen LogP contribution in [0.2, 0.25) is 0 Å². The highest BCUT2D eigenvalue weighted by Crippen LogP contribution is 2.29. The van der Waals surface area contributed by atoms with Gasteiger partial charge in [0.05, 0.1) is 29.7 Å². The molecule has 1 heterocycles. The van der Waals surface area contributed by atoms with Crippen molar-refractivity contribution in [2.45, 2.75) is 39.3 Å². The average molecular weight is 288 g/mol. The van der Waals surface area contributed by atoms with Crippen molar-refractivity contribution < 1.29 is 9.13 Å². The number of hydrogen-bond acceptors (Lipinski definition) is 3. The van der Waals surface area contributed by atoms with Crippen LogP contribution in [0.5, 0.6) is 5.75 Å². The molecule has 1 atom stereocenters. The predicted octanol–water partition coefficient (Wildman–Crippen LogP) is 4.57. The fourth-order valence-corrected chi connectivity index (χ4v) is 2.11. The van der Waals surface area contributed by atoms with E-state index in [4.69, 9.17) is 4.74 Å². The summed E-state index contributed by atoms with van der Waals surface area (Å²) in [7, 11) is 0. The quantitative estimate of drug-likeness (QED) is 0.845. The van der Waals surface area contributed by atoms with Gasteiger partial charge >= 0.3 is 0 Å². The molecule has 1 aromatic carbocycles. The van der Waals surface area contributed by atoms with Crippen LogP contribution in [0.25, 0.3) is 0 Å². The fraction of sp³-hybridized carbons (Fsp3) is 0.353. The van der Waals surface area contributed by atoms with Gasteiger partial charge in [0.15, 0.2) is 0 Å². The summed E-state index contributed by atoms with van der Waals surface area (Å²) in [5, 5.41) is 3.43. The number of para-hydroxylation sites is 2. The summed E-state index contributed by atoms with van der Waals surface area (Å²) in [6.45, 7) is 6.06. The van der Waals surface area contributed by atoms with Gasteiger partial charge < -0.3 is 10.1 Å². The first-order valence-electron chi connectivity index (χ1n) is 7.23. The number of nitrogens with zero attached hydrogens (tertiary/aromatic N) is 1. The third-order valence-electron chi connectivity index (χ3n) is 3.09. The summed E-state index contributed by atoms with van der Waals surface area (Å²) in [5.74, 6) is 0.491. The number of halogens is 1. The lowest BCUT2D eigenvalue weighted by Gasteiger charge is -2.21. The van der Waals surface area contributed by atoms with E-state index in [2.05, 4.69) is 17.2 Å². The molecule has 0 saturated heterocycles. The normalized spacial score (nSPS) is 12.2. The molecule has 0 amide bonds. The second kappa shape index (κ2) is 7.07. The van der Waals surface area contributed by atoms with Crippen LogP contribution in [0.15, 0.2) is 42.6 Å². The highest BCUT2D eigenvalue weighted by Gasteiger charge is 2.13. The molecule has 0 aliphatic carbocycles. The monoisotopic (exact) mass is 288 g/mol. The van der Waals surface area contributed by atoms with Crippen LogP contribution in [0.4, 0.5) is 10.1 Å². The van der Waals surface area contributed by atoms with E-state index < -0.39 is 0 Å². The topological polar surface area (TPSA) is 34.1 Å². The summed E-state index contributed by atoms with van der Waals surface area (Å²) >= 11 is 0. The molecule has 4 heteroatoms. The SMILES string of the molecule is CCC(Nc1ccccc1OC(C)C)c1ccc(F)cn1. The summed E-state index contributed by atoms with van der Waals surface area (Å²) in [6.07, 6.45) is 2.20. The van der Waals surface area contributed by atoms with E-state index in [0.29, 0.717) is 0 Å². The maximum atomic E-state index is 13.0. The molecule has 1 aromatic heterocycles. The zero-order valence-corrected chi connectivity index (χ0v) is 12.6. The molecular weight excluding hydrogens is 267 g/mol. The zero-order chi connectivity index (χ0) is 15.2. The van der Waals surface area contributed by atoms with Crippen molar-refractivity contribution in [1.29, 1.82) is 0 Å². The van der Waals surface area contributed by atoms with Crippen LogP contribution in [0.3, 0.4) is 0 Å². The van der Waals surface area contributed by atoms with Gasteiger partial charge in [-0.1, -0.05) is 19.1 Å². The van der Waals surface area contributed by atoms with E-state index in [-0.39, 0.29) is 18.0 Å². The van der Waals surface area contributed by atoms with Crippen molar-refractivity contribution in [1.82, 2.24) is 4.98 Å². The minimum absolute atomic E-state index is 0.0162. The number of anilines is 1. The molecule has 112 valence electrons. The Kier molecular flexibility index (Phi) is 5.14. The van der Waals surface area contributed by atoms with Crippen molar-refractivity contribution in [2.24, 2.45) is 0 Å². The maximum Gasteiger partial charge on any atom is 0.142 e. The largest absolute Gasteiger partial charge is 0.489 e. The summed E-state index contributed by atoms with van der Waals surface area (Å²) in [5.41, 5.74) is 1.74. The van der Waals surface area contributed by atoms with Crippen LogP contribution < -0.4 is 10.1 Å². The first-order valence-corrected chi connectivity index (χ1v) is 7.23. The second-order valence-electron chi connectivity index (χ2n) is 5.17. The molecule has 0 spiro atoms. The summed E-state index contributed by atoms with van der Waals surface area (Å²) in [4.78, 5) is 4.16. The van der Waals surface area contributed by atoms with Gasteiger partial charge in [0.25, 0.3) is 0 Å². The summed E-state index contributed by atoms with van der Waals surface area (Å²) < 4.78 is 18.8. The number of rotatable bonds is 6. The van der Waals surface area contributed by atoms with E-state index in [0.717, 1.165) is 23.6 Å². The third kappa shape index (κ3) is 4.18. The molecule has 1 unspecified atom stereocenters. The molecule has 3 nitrogen and oxygen atoms in total. The van der Waals surface area contributed by atoms with Gasteiger partial charge in [-0.3, -0.25) is 4.98 Å². The molecule has 1 N–H and O–H groups in total. The Morgan fingerprint density at radius 3 is 2.57 bits per heavy atom. The average Bonchev–Trinajstić information content (AvgIpc) is 2.47. The molecule has 0 aliphatic rings. The number of pyridine rings is 1. The van der Waals surface area contributed by atoms with Crippen LogP contribution in [0, 0.1) is 5.82 Å². The highest BCUT2D eigenvalue weighted by molar-refractivity contribution is 5.57. The smallest absolute Gasteiger partial charge is 0.142 e. The Morgan fingerprint density at radius 2 is 1.95 bits per heavy atom. The number of aromatic nitrogens is 1. The van der Waals surface area contributed by atoms with E-state index in [1.165, 1.54) is 12.3 Å². The lowest BCUT2D eigenvalue weighted by atomic mass is 10.1. The van der Waals surface area contributed by atoms with E-state index in [1.54, 1.807) is 6.07 Å². The van der Waals surface area contributed by atoms with Crippen LogP contribution >= 0.6 is 0 Å². The van der Waals surface area contributed by atoms with Crippen molar-refractivity contribution in [3.05, 3.63) is 54.1 Å². The minimum atomic E-state index is -0.322. The van der Waals surface area contributed by atoms with Gasteiger partial charge in [0.1, 0.15) is 11.6 Å². The molecular formula is C17H21FN2O. The number of benzene rings is 1. The van der Waals surface area contributed by atoms with E-state index >= 15 is 0 Å². The van der Waals surface area contributed by atoms with E-state index in [9.17, 15) is 4.39 Å². The molecule has 2 aromatic rings. The lowest BCUT2D eigenvalue weighted by Crippen LogP contribution is -2.14.